The topological polar surface area (TPSA) is 146 Å². The number of carboxylic acids is 1. The third kappa shape index (κ3) is 5.88. The average Bonchev–Trinajstić information content (AvgIpc) is 2.98. The van der Waals surface area contributed by atoms with E-state index in [0.29, 0.717) is 5.47 Å². The Kier molecular flexibility index (Phi) is 7.04. The molecular formula is C22H27BN4O6. The first-order valence-electron chi connectivity index (χ1n) is 10.3. The Hall–Kier alpha value is -3.44. The molecule has 0 aliphatic carbocycles. The lowest BCUT2D eigenvalue weighted by Crippen LogP contribution is -2.41. The maximum Gasteiger partial charge on any atom is 0.492 e. The van der Waals surface area contributed by atoms with Gasteiger partial charge in [0.25, 0.3) is 0 Å². The first-order chi connectivity index (χ1) is 15.5. The van der Waals surface area contributed by atoms with Gasteiger partial charge >= 0.3 is 19.2 Å². The van der Waals surface area contributed by atoms with Crippen molar-refractivity contribution in [1.29, 1.82) is 0 Å². The molecule has 1 amide bonds. The zero-order valence-corrected chi connectivity index (χ0v) is 19.0. The number of hydrogen-bond donors (Lipinski definition) is 3. The predicted molar refractivity (Wildman–Crippen MR) is 122 cm³/mol. The zero-order valence-electron chi connectivity index (χ0n) is 19.0. The zero-order chi connectivity index (χ0) is 24.2. The Morgan fingerprint density at radius 1 is 1.18 bits per heavy atom. The molecule has 174 valence electrons. The molecule has 0 saturated carbocycles. The van der Waals surface area contributed by atoms with Gasteiger partial charge in [-0.05, 0) is 44.8 Å². The van der Waals surface area contributed by atoms with Gasteiger partial charge in [-0.1, -0.05) is 30.3 Å². The van der Waals surface area contributed by atoms with Crippen LogP contribution in [0.5, 0.6) is 0 Å². The lowest BCUT2D eigenvalue weighted by Gasteiger charge is -2.32. The highest BCUT2D eigenvalue weighted by Gasteiger charge is 2.52. The van der Waals surface area contributed by atoms with Gasteiger partial charge in [0.1, 0.15) is 6.61 Å². The minimum absolute atomic E-state index is 0.0128. The molecule has 1 aliphatic rings. The summed E-state index contributed by atoms with van der Waals surface area (Å²) >= 11 is 0. The number of hydrogen-bond acceptors (Lipinski definition) is 8. The molecule has 1 fully saturated rings. The molecule has 0 radical (unpaired) electrons. The van der Waals surface area contributed by atoms with Gasteiger partial charge in [-0.3, -0.25) is 0 Å². The van der Waals surface area contributed by atoms with Crippen molar-refractivity contribution in [2.75, 3.05) is 12.3 Å². The first-order valence-corrected chi connectivity index (χ1v) is 10.3. The number of carbonyl (C=O) groups excluding carboxylic acids is 1. The van der Waals surface area contributed by atoms with E-state index in [2.05, 4.69) is 15.3 Å². The van der Waals surface area contributed by atoms with Gasteiger partial charge in [0.05, 0.1) is 23.1 Å². The number of anilines is 1. The fraction of sp³-hybridized carbons (Fsp3) is 0.364. The molecule has 1 aromatic carbocycles. The number of carboxylic acid groups (broad SMARTS) is 1. The van der Waals surface area contributed by atoms with E-state index in [4.69, 9.17) is 19.8 Å². The second-order valence-electron chi connectivity index (χ2n) is 8.56. The number of nitrogens with two attached hydrogens (primary N) is 1. The van der Waals surface area contributed by atoms with E-state index in [-0.39, 0.29) is 30.4 Å². The summed E-state index contributed by atoms with van der Waals surface area (Å²) < 4.78 is 17.4. The first kappa shape index (κ1) is 24.2. The van der Waals surface area contributed by atoms with E-state index < -0.39 is 30.4 Å². The van der Waals surface area contributed by atoms with Crippen molar-refractivity contribution >= 4 is 31.1 Å². The summed E-state index contributed by atoms with van der Waals surface area (Å²) in [5, 5.41) is 12.0. The minimum atomic E-state index is -1.30. The highest BCUT2D eigenvalue weighted by Crippen LogP contribution is 2.38. The maximum absolute atomic E-state index is 12.3. The second kappa shape index (κ2) is 9.59. The molecular weight excluding hydrogens is 427 g/mol. The molecule has 10 nitrogen and oxygen atoms in total. The number of aromatic nitrogens is 2. The van der Waals surface area contributed by atoms with Crippen LogP contribution >= 0.6 is 0 Å². The Labute approximate surface area is 192 Å². The van der Waals surface area contributed by atoms with E-state index in [1.165, 1.54) is 6.20 Å². The highest BCUT2D eigenvalue weighted by atomic mass is 16.7. The van der Waals surface area contributed by atoms with Crippen LogP contribution in [0.2, 0.25) is 0 Å². The van der Waals surface area contributed by atoms with Gasteiger partial charge in [-0.2, -0.15) is 0 Å². The number of nitrogen functional groups attached to an aromatic ring is 1. The van der Waals surface area contributed by atoms with Crippen molar-refractivity contribution < 1.29 is 28.7 Å². The van der Waals surface area contributed by atoms with E-state index in [0.717, 1.165) is 5.56 Å². The highest BCUT2D eigenvalue weighted by molar-refractivity contribution is 6.56. The Morgan fingerprint density at radius 3 is 2.42 bits per heavy atom. The summed E-state index contributed by atoms with van der Waals surface area (Å²) in [5.74, 6) is -1.49. The number of aromatic carboxylic acids is 1. The fourth-order valence-corrected chi connectivity index (χ4v) is 2.97. The number of rotatable bonds is 7. The number of alkyl carbamates (subject to hydrolysis) is 1. The van der Waals surface area contributed by atoms with Gasteiger partial charge in [0.2, 0.25) is 0 Å². The normalized spacial score (nSPS) is 17.0. The Balaban J connectivity index is 1.79. The van der Waals surface area contributed by atoms with Crippen LogP contribution in [0.1, 0.15) is 49.4 Å². The summed E-state index contributed by atoms with van der Waals surface area (Å²) in [6, 6.07) is 9.29. The van der Waals surface area contributed by atoms with Crippen molar-refractivity contribution in [2.45, 2.75) is 45.5 Å². The molecule has 4 N–H and O–H groups in total. The van der Waals surface area contributed by atoms with Crippen molar-refractivity contribution in [3.05, 3.63) is 59.0 Å². The molecule has 0 atom stereocenters. The van der Waals surface area contributed by atoms with Gasteiger partial charge in [0, 0.05) is 6.54 Å². The van der Waals surface area contributed by atoms with Crippen LogP contribution in [0.15, 0.2) is 42.0 Å². The molecule has 2 aromatic rings. The van der Waals surface area contributed by atoms with Crippen LogP contribution in [0, 0.1) is 0 Å². The molecule has 1 aromatic heterocycles. The van der Waals surface area contributed by atoms with Crippen molar-refractivity contribution in [2.24, 2.45) is 0 Å². The van der Waals surface area contributed by atoms with E-state index in [1.54, 1.807) is 6.08 Å². The molecule has 33 heavy (non-hydrogen) atoms. The van der Waals surface area contributed by atoms with E-state index in [1.807, 2.05) is 58.0 Å². The minimum Gasteiger partial charge on any atom is -0.476 e. The van der Waals surface area contributed by atoms with Crippen LogP contribution in [0.4, 0.5) is 10.6 Å². The number of ether oxygens (including phenoxy) is 1. The second-order valence-corrected chi connectivity index (χ2v) is 8.56. The van der Waals surface area contributed by atoms with Gasteiger partial charge < -0.3 is 30.2 Å². The lowest BCUT2D eigenvalue weighted by atomic mass is 9.77. The quantitative estimate of drug-likeness (QED) is 0.538. The smallest absolute Gasteiger partial charge is 0.476 e. The number of amides is 1. The average molecular weight is 454 g/mol. The van der Waals surface area contributed by atoms with Crippen LogP contribution in [0.3, 0.4) is 0 Å². The molecule has 0 unspecified atom stereocenters. The Bertz CT molecular complexity index is 1040. The number of nitrogens with zero attached hydrogens (tertiary/aromatic N) is 2. The summed E-state index contributed by atoms with van der Waals surface area (Å²) in [6.45, 7) is 7.73. The molecule has 1 aliphatic heterocycles. The predicted octanol–water partition coefficient (Wildman–Crippen LogP) is 2.70. The number of nitrogens with one attached hydrogen (secondary N) is 1. The van der Waals surface area contributed by atoms with Gasteiger partial charge in [-0.25, -0.2) is 19.6 Å². The fourth-order valence-electron chi connectivity index (χ4n) is 2.97. The number of carbonyl (C=O) groups is 2. The molecule has 1 saturated heterocycles. The summed E-state index contributed by atoms with van der Waals surface area (Å²) in [6.07, 6.45) is 2.26. The SMILES string of the molecule is CC1(C)OB(C(=Cc2cnc(N)c(C(=O)O)n2)CNC(=O)OCc2ccccc2)OC1(C)C. The van der Waals surface area contributed by atoms with Crippen LogP contribution in [0.25, 0.3) is 6.08 Å². The lowest BCUT2D eigenvalue weighted by molar-refractivity contribution is 0.00578. The largest absolute Gasteiger partial charge is 0.492 e. The summed E-state index contributed by atoms with van der Waals surface area (Å²) in [4.78, 5) is 31.6. The van der Waals surface area contributed by atoms with Crippen LogP contribution in [-0.4, -0.2) is 52.0 Å². The van der Waals surface area contributed by atoms with Gasteiger partial charge in [-0.15, -0.1) is 0 Å². The summed E-state index contributed by atoms with van der Waals surface area (Å²) in [5.41, 5.74) is 5.57. The Morgan fingerprint density at radius 2 is 1.82 bits per heavy atom. The standard InChI is InChI=1S/C22H27BN4O6/c1-21(2)22(3,4)33-23(32-21)15(10-16-12-25-18(24)17(27-16)19(28)29)11-26-20(30)31-13-14-8-6-5-7-9-14/h5-10,12H,11,13H2,1-4H3,(H2,24,25)(H,26,30)(H,28,29). The van der Waals surface area contributed by atoms with Crippen LogP contribution in [-0.2, 0) is 20.7 Å². The third-order valence-electron chi connectivity index (χ3n) is 5.56. The monoisotopic (exact) mass is 454 g/mol. The molecule has 0 bridgehead atoms. The maximum atomic E-state index is 12.3. The third-order valence-corrected chi connectivity index (χ3v) is 5.56. The number of benzene rings is 1. The molecule has 3 rings (SSSR count). The van der Waals surface area contributed by atoms with Crippen molar-refractivity contribution in [3.63, 3.8) is 0 Å². The van der Waals surface area contributed by atoms with Crippen molar-refractivity contribution in [1.82, 2.24) is 15.3 Å². The molecule has 2 heterocycles. The van der Waals surface area contributed by atoms with E-state index in [9.17, 15) is 14.7 Å². The molecule has 11 heteroatoms. The molecule has 0 spiro atoms. The van der Waals surface area contributed by atoms with Crippen molar-refractivity contribution in [3.8, 4) is 0 Å². The van der Waals surface area contributed by atoms with E-state index >= 15 is 0 Å². The van der Waals surface area contributed by atoms with Gasteiger partial charge in [0.15, 0.2) is 11.5 Å². The summed E-state index contributed by atoms with van der Waals surface area (Å²) in [7, 11) is -0.808. The van der Waals surface area contributed by atoms with Crippen LogP contribution < -0.4 is 11.1 Å².